The molecule has 1 rings (SSSR count). The summed E-state index contributed by atoms with van der Waals surface area (Å²) in [5.41, 5.74) is 1.48. The summed E-state index contributed by atoms with van der Waals surface area (Å²) in [6.07, 6.45) is 2.04. The van der Waals surface area contributed by atoms with Gasteiger partial charge in [0.1, 0.15) is 6.07 Å². The van der Waals surface area contributed by atoms with Gasteiger partial charge in [0.25, 0.3) is 0 Å². The van der Waals surface area contributed by atoms with Crippen molar-refractivity contribution < 1.29 is 0 Å². The third-order valence-electron chi connectivity index (χ3n) is 2.70. The fraction of sp³-hybridized carbons (Fsp3) is 0.727. The van der Waals surface area contributed by atoms with Gasteiger partial charge in [0.05, 0.1) is 5.69 Å². The van der Waals surface area contributed by atoms with Gasteiger partial charge in [-0.1, -0.05) is 19.1 Å². The molecular weight excluding hydrogens is 188 g/mol. The molecule has 0 amide bonds. The van der Waals surface area contributed by atoms with Crippen molar-refractivity contribution in [2.45, 2.75) is 52.5 Å². The maximum absolute atomic E-state index is 8.99. The summed E-state index contributed by atoms with van der Waals surface area (Å²) in [5, 5.41) is 17.0. The molecule has 15 heavy (non-hydrogen) atoms. The molecule has 0 aromatic carbocycles. The number of nitriles is 1. The number of nitrogens with zero attached hydrogens (tertiary/aromatic N) is 4. The van der Waals surface area contributed by atoms with Gasteiger partial charge in [-0.2, -0.15) is 5.26 Å². The molecule has 1 heterocycles. The van der Waals surface area contributed by atoms with Crippen LogP contribution in [0.25, 0.3) is 0 Å². The fourth-order valence-corrected chi connectivity index (χ4v) is 1.82. The van der Waals surface area contributed by atoms with Crippen molar-refractivity contribution in [1.29, 1.82) is 5.26 Å². The van der Waals surface area contributed by atoms with E-state index in [-0.39, 0.29) is 6.04 Å². The average molecular weight is 206 g/mol. The number of aromatic nitrogens is 3. The summed E-state index contributed by atoms with van der Waals surface area (Å²) >= 11 is 0. The summed E-state index contributed by atoms with van der Waals surface area (Å²) in [5.74, 6) is 0.386. The minimum absolute atomic E-state index is 0.259. The van der Waals surface area contributed by atoms with E-state index in [2.05, 4.69) is 44.1 Å². The van der Waals surface area contributed by atoms with Crippen molar-refractivity contribution in [3.05, 3.63) is 11.4 Å². The lowest BCUT2D eigenvalue weighted by molar-refractivity contribution is 0.463. The molecule has 4 heteroatoms. The van der Waals surface area contributed by atoms with Gasteiger partial charge in [0, 0.05) is 12.0 Å². The highest BCUT2D eigenvalue weighted by molar-refractivity contribution is 5.28. The van der Waals surface area contributed by atoms with Gasteiger partial charge in [-0.15, -0.1) is 5.10 Å². The summed E-state index contributed by atoms with van der Waals surface area (Å²) < 4.78 is 1.87. The molecule has 4 nitrogen and oxygen atoms in total. The molecule has 1 aromatic rings. The molecular formula is C11H18N4. The standard InChI is InChI=1S/C11H18N4/c1-5-9(6-2)11-10(7-12)13-14-15(11)8(3)4/h8-9H,5-6H2,1-4H3. The maximum atomic E-state index is 8.99. The molecule has 0 saturated carbocycles. The Morgan fingerprint density at radius 3 is 2.33 bits per heavy atom. The van der Waals surface area contributed by atoms with Gasteiger partial charge in [0.2, 0.25) is 0 Å². The highest BCUT2D eigenvalue weighted by Gasteiger charge is 2.21. The highest BCUT2D eigenvalue weighted by Crippen LogP contribution is 2.26. The SMILES string of the molecule is CCC(CC)c1c(C#N)nnn1C(C)C. The minimum atomic E-state index is 0.259. The minimum Gasteiger partial charge on any atom is -0.245 e. The molecule has 0 aliphatic carbocycles. The van der Waals surface area contributed by atoms with E-state index in [1.807, 2.05) is 4.68 Å². The van der Waals surface area contributed by atoms with Crippen molar-refractivity contribution in [2.75, 3.05) is 0 Å². The Kier molecular flexibility index (Phi) is 3.84. The number of hydrogen-bond donors (Lipinski definition) is 0. The molecule has 0 atom stereocenters. The molecule has 0 aliphatic heterocycles. The monoisotopic (exact) mass is 206 g/mol. The Balaban J connectivity index is 3.22. The quantitative estimate of drug-likeness (QED) is 0.761. The van der Waals surface area contributed by atoms with Crippen LogP contribution >= 0.6 is 0 Å². The third-order valence-corrected chi connectivity index (χ3v) is 2.70. The zero-order chi connectivity index (χ0) is 11.4. The van der Waals surface area contributed by atoms with Crippen LogP contribution in [-0.4, -0.2) is 15.0 Å². The van der Waals surface area contributed by atoms with E-state index in [4.69, 9.17) is 5.26 Å². The van der Waals surface area contributed by atoms with Crippen LogP contribution in [0.1, 0.15) is 63.9 Å². The van der Waals surface area contributed by atoms with Crippen LogP contribution in [-0.2, 0) is 0 Å². The largest absolute Gasteiger partial charge is 0.245 e. The molecule has 0 bridgehead atoms. The van der Waals surface area contributed by atoms with Gasteiger partial charge in [-0.3, -0.25) is 0 Å². The van der Waals surface area contributed by atoms with Crippen molar-refractivity contribution in [3.63, 3.8) is 0 Å². The summed E-state index contributed by atoms with van der Waals surface area (Å²) in [7, 11) is 0. The average Bonchev–Trinajstić information content (AvgIpc) is 2.64. The van der Waals surface area contributed by atoms with Crippen molar-refractivity contribution in [3.8, 4) is 6.07 Å². The van der Waals surface area contributed by atoms with Crippen LogP contribution in [0.2, 0.25) is 0 Å². The maximum Gasteiger partial charge on any atom is 0.186 e. The predicted molar refractivity (Wildman–Crippen MR) is 58.4 cm³/mol. The second kappa shape index (κ2) is 4.92. The van der Waals surface area contributed by atoms with Crippen LogP contribution in [0.4, 0.5) is 0 Å². The first-order valence-corrected chi connectivity index (χ1v) is 5.50. The van der Waals surface area contributed by atoms with Crippen LogP contribution in [0, 0.1) is 11.3 Å². The Labute approximate surface area is 90.9 Å². The normalized spacial score (nSPS) is 11.0. The third kappa shape index (κ3) is 2.17. The summed E-state index contributed by atoms with van der Waals surface area (Å²) in [4.78, 5) is 0. The van der Waals surface area contributed by atoms with Crippen LogP contribution < -0.4 is 0 Å². The molecule has 0 unspecified atom stereocenters. The Hall–Kier alpha value is -1.37. The van der Waals surface area contributed by atoms with Gasteiger partial charge >= 0.3 is 0 Å². The van der Waals surface area contributed by atoms with E-state index in [9.17, 15) is 0 Å². The topological polar surface area (TPSA) is 54.5 Å². The van der Waals surface area contributed by atoms with Gasteiger partial charge in [-0.05, 0) is 26.7 Å². The molecule has 82 valence electrons. The molecule has 0 aliphatic rings. The first kappa shape index (κ1) is 11.7. The van der Waals surface area contributed by atoms with Crippen molar-refractivity contribution in [2.24, 2.45) is 0 Å². The second-order valence-electron chi connectivity index (χ2n) is 3.99. The zero-order valence-corrected chi connectivity index (χ0v) is 9.86. The summed E-state index contributed by atoms with van der Waals surface area (Å²) in [6.45, 7) is 8.38. The van der Waals surface area contributed by atoms with E-state index in [0.717, 1.165) is 18.5 Å². The van der Waals surface area contributed by atoms with E-state index in [1.165, 1.54) is 0 Å². The van der Waals surface area contributed by atoms with Crippen LogP contribution in [0.15, 0.2) is 0 Å². The second-order valence-corrected chi connectivity index (χ2v) is 3.99. The van der Waals surface area contributed by atoms with Crippen molar-refractivity contribution >= 4 is 0 Å². The van der Waals surface area contributed by atoms with Crippen LogP contribution in [0.3, 0.4) is 0 Å². The first-order chi connectivity index (χ1) is 7.15. The lowest BCUT2D eigenvalue weighted by atomic mass is 9.97. The Morgan fingerprint density at radius 2 is 1.93 bits per heavy atom. The molecule has 0 spiro atoms. The molecule has 0 N–H and O–H groups in total. The summed E-state index contributed by atoms with van der Waals surface area (Å²) in [6, 6.07) is 2.38. The predicted octanol–water partition coefficient (Wildman–Crippen LogP) is 2.63. The number of rotatable bonds is 4. The van der Waals surface area contributed by atoms with E-state index in [0.29, 0.717) is 11.6 Å². The Morgan fingerprint density at radius 1 is 1.33 bits per heavy atom. The molecule has 0 fully saturated rings. The molecule has 0 radical (unpaired) electrons. The van der Waals surface area contributed by atoms with Crippen LogP contribution in [0.5, 0.6) is 0 Å². The van der Waals surface area contributed by atoms with Gasteiger partial charge in [0.15, 0.2) is 5.69 Å². The lowest BCUT2D eigenvalue weighted by Gasteiger charge is -2.16. The highest BCUT2D eigenvalue weighted by atomic mass is 15.4. The van der Waals surface area contributed by atoms with E-state index >= 15 is 0 Å². The molecule has 1 aromatic heterocycles. The fourth-order valence-electron chi connectivity index (χ4n) is 1.82. The van der Waals surface area contributed by atoms with Gasteiger partial charge < -0.3 is 0 Å². The van der Waals surface area contributed by atoms with E-state index in [1.54, 1.807) is 0 Å². The number of hydrogen-bond acceptors (Lipinski definition) is 3. The lowest BCUT2D eigenvalue weighted by Crippen LogP contribution is -2.11. The Bertz CT molecular complexity index is 355. The zero-order valence-electron chi connectivity index (χ0n) is 9.86. The van der Waals surface area contributed by atoms with Crippen molar-refractivity contribution in [1.82, 2.24) is 15.0 Å². The smallest absolute Gasteiger partial charge is 0.186 e. The first-order valence-electron chi connectivity index (χ1n) is 5.50. The van der Waals surface area contributed by atoms with E-state index < -0.39 is 0 Å². The van der Waals surface area contributed by atoms with Gasteiger partial charge in [-0.25, -0.2) is 4.68 Å². The molecule has 0 saturated heterocycles.